The minimum atomic E-state index is -0.670. The first-order chi connectivity index (χ1) is 5.15. The Morgan fingerprint density at radius 1 is 1.55 bits per heavy atom. The Morgan fingerprint density at radius 3 is 2.73 bits per heavy atom. The SMILES string of the molecule is Nc1cc(F)c(O)cc1CI. The fraction of sp³-hybridized carbons (Fsp3) is 0.143. The fourth-order valence-electron chi connectivity index (χ4n) is 0.736. The molecule has 0 fully saturated rings. The normalized spacial score (nSPS) is 10.0. The number of hydrogen-bond acceptors (Lipinski definition) is 2. The highest BCUT2D eigenvalue weighted by Gasteiger charge is 2.04. The van der Waals surface area contributed by atoms with Crippen LogP contribution in [0.15, 0.2) is 12.1 Å². The number of rotatable bonds is 1. The Balaban J connectivity index is 3.21. The molecular weight excluding hydrogens is 260 g/mol. The summed E-state index contributed by atoms with van der Waals surface area (Å²) in [4.78, 5) is 0. The summed E-state index contributed by atoms with van der Waals surface area (Å²) in [6, 6.07) is 2.47. The average Bonchev–Trinajstić information content (AvgIpc) is 1.97. The van der Waals surface area contributed by atoms with Gasteiger partial charge in [-0.2, -0.15) is 0 Å². The molecule has 0 atom stereocenters. The highest BCUT2D eigenvalue weighted by atomic mass is 127. The van der Waals surface area contributed by atoms with Gasteiger partial charge in [0.1, 0.15) is 0 Å². The van der Waals surface area contributed by atoms with E-state index < -0.39 is 5.82 Å². The van der Waals surface area contributed by atoms with Crippen molar-refractivity contribution in [3.8, 4) is 5.75 Å². The van der Waals surface area contributed by atoms with Gasteiger partial charge >= 0.3 is 0 Å². The third-order valence-corrected chi connectivity index (χ3v) is 2.17. The number of halogens is 2. The van der Waals surface area contributed by atoms with Crippen molar-refractivity contribution in [2.75, 3.05) is 5.73 Å². The zero-order chi connectivity index (χ0) is 8.43. The quantitative estimate of drug-likeness (QED) is 0.354. The third kappa shape index (κ3) is 1.74. The number of anilines is 1. The molecule has 0 bridgehead atoms. The molecule has 0 saturated carbocycles. The van der Waals surface area contributed by atoms with Crippen LogP contribution in [-0.4, -0.2) is 5.11 Å². The maximum atomic E-state index is 12.6. The van der Waals surface area contributed by atoms with Crippen molar-refractivity contribution in [1.82, 2.24) is 0 Å². The van der Waals surface area contributed by atoms with Crippen LogP contribution in [0.1, 0.15) is 5.56 Å². The lowest BCUT2D eigenvalue weighted by molar-refractivity contribution is 0.432. The summed E-state index contributed by atoms with van der Waals surface area (Å²) in [7, 11) is 0. The Bertz CT molecular complexity index is 277. The van der Waals surface area contributed by atoms with Crippen molar-refractivity contribution in [2.24, 2.45) is 0 Å². The summed E-state index contributed by atoms with van der Waals surface area (Å²) in [5.41, 5.74) is 6.58. The van der Waals surface area contributed by atoms with Gasteiger partial charge in [0.25, 0.3) is 0 Å². The van der Waals surface area contributed by atoms with Crippen LogP contribution < -0.4 is 5.73 Å². The third-order valence-electron chi connectivity index (χ3n) is 1.35. The molecule has 0 saturated heterocycles. The van der Waals surface area contributed by atoms with Crippen molar-refractivity contribution in [1.29, 1.82) is 0 Å². The van der Waals surface area contributed by atoms with E-state index in [2.05, 4.69) is 22.6 Å². The van der Waals surface area contributed by atoms with Gasteiger partial charge < -0.3 is 10.8 Å². The van der Waals surface area contributed by atoms with Gasteiger partial charge in [-0.1, -0.05) is 22.6 Å². The van der Waals surface area contributed by atoms with E-state index in [0.717, 1.165) is 11.6 Å². The standard InChI is InChI=1S/C7H7FINO/c8-5-2-6(10)4(3-9)1-7(5)11/h1-2,11H,3,10H2. The van der Waals surface area contributed by atoms with Gasteiger partial charge in [0.2, 0.25) is 0 Å². The Labute approximate surface area is 77.4 Å². The summed E-state index contributed by atoms with van der Waals surface area (Å²) < 4.78 is 13.2. The van der Waals surface area contributed by atoms with Crippen LogP contribution in [0.5, 0.6) is 5.75 Å². The van der Waals surface area contributed by atoms with Gasteiger partial charge in [-0.3, -0.25) is 0 Å². The Hall–Kier alpha value is -0.520. The van der Waals surface area contributed by atoms with Crippen LogP contribution in [0.2, 0.25) is 0 Å². The number of nitrogens with two attached hydrogens (primary N) is 1. The van der Waals surface area contributed by atoms with E-state index in [-0.39, 0.29) is 5.75 Å². The first kappa shape index (κ1) is 8.58. The molecule has 1 rings (SSSR count). The van der Waals surface area contributed by atoms with Crippen LogP contribution in [-0.2, 0) is 4.43 Å². The van der Waals surface area contributed by atoms with E-state index >= 15 is 0 Å². The zero-order valence-electron chi connectivity index (χ0n) is 5.64. The van der Waals surface area contributed by atoms with E-state index in [4.69, 9.17) is 10.8 Å². The minimum Gasteiger partial charge on any atom is -0.505 e. The smallest absolute Gasteiger partial charge is 0.166 e. The van der Waals surface area contributed by atoms with E-state index in [1.165, 1.54) is 6.07 Å². The Kier molecular flexibility index (Phi) is 2.53. The van der Waals surface area contributed by atoms with Gasteiger partial charge in [0.15, 0.2) is 11.6 Å². The number of hydrogen-bond donors (Lipinski definition) is 2. The zero-order valence-corrected chi connectivity index (χ0v) is 7.80. The molecule has 3 N–H and O–H groups in total. The molecular formula is C7H7FINO. The number of phenols is 1. The van der Waals surface area contributed by atoms with Crippen LogP contribution >= 0.6 is 22.6 Å². The van der Waals surface area contributed by atoms with E-state index in [0.29, 0.717) is 10.1 Å². The fourth-order valence-corrected chi connectivity index (χ4v) is 1.40. The molecule has 0 amide bonds. The first-order valence-corrected chi connectivity index (χ1v) is 4.50. The van der Waals surface area contributed by atoms with Crippen LogP contribution in [0, 0.1) is 5.82 Å². The molecule has 0 unspecified atom stereocenters. The van der Waals surface area contributed by atoms with Crippen molar-refractivity contribution < 1.29 is 9.50 Å². The molecule has 1 aromatic carbocycles. The molecule has 0 spiro atoms. The van der Waals surface area contributed by atoms with Crippen molar-refractivity contribution in [3.63, 3.8) is 0 Å². The molecule has 0 heterocycles. The van der Waals surface area contributed by atoms with Crippen molar-refractivity contribution in [2.45, 2.75) is 4.43 Å². The predicted molar refractivity (Wildman–Crippen MR) is 50.2 cm³/mol. The monoisotopic (exact) mass is 267 g/mol. The highest BCUT2D eigenvalue weighted by Crippen LogP contribution is 2.24. The topological polar surface area (TPSA) is 46.2 Å². The lowest BCUT2D eigenvalue weighted by Gasteiger charge is -2.02. The van der Waals surface area contributed by atoms with Crippen LogP contribution in [0.25, 0.3) is 0 Å². The second-order valence-corrected chi connectivity index (χ2v) is 2.90. The van der Waals surface area contributed by atoms with Crippen molar-refractivity contribution in [3.05, 3.63) is 23.5 Å². The van der Waals surface area contributed by atoms with Crippen LogP contribution in [0.4, 0.5) is 10.1 Å². The molecule has 0 aliphatic carbocycles. The van der Waals surface area contributed by atoms with E-state index in [1.807, 2.05) is 0 Å². The molecule has 0 radical (unpaired) electrons. The highest BCUT2D eigenvalue weighted by molar-refractivity contribution is 14.1. The first-order valence-electron chi connectivity index (χ1n) is 2.98. The molecule has 60 valence electrons. The molecule has 11 heavy (non-hydrogen) atoms. The summed E-state index contributed by atoms with van der Waals surface area (Å²) in [5, 5.41) is 8.92. The van der Waals surface area contributed by atoms with Gasteiger partial charge in [-0.05, 0) is 11.6 Å². The van der Waals surface area contributed by atoms with Crippen molar-refractivity contribution >= 4 is 28.3 Å². The summed E-state index contributed by atoms with van der Waals surface area (Å²) >= 11 is 2.09. The van der Waals surface area contributed by atoms with E-state index in [9.17, 15) is 4.39 Å². The summed E-state index contributed by atoms with van der Waals surface area (Å²) in [6.07, 6.45) is 0. The molecule has 4 heteroatoms. The summed E-state index contributed by atoms with van der Waals surface area (Å²) in [5.74, 6) is -1.01. The number of phenolic OH excluding ortho intramolecular Hbond substituents is 1. The lowest BCUT2D eigenvalue weighted by Crippen LogP contribution is -1.92. The maximum Gasteiger partial charge on any atom is 0.166 e. The van der Waals surface area contributed by atoms with Crippen LogP contribution in [0.3, 0.4) is 0 Å². The molecule has 0 aliphatic rings. The molecule has 0 aromatic heterocycles. The molecule has 0 aliphatic heterocycles. The Morgan fingerprint density at radius 2 is 2.18 bits per heavy atom. The molecule has 2 nitrogen and oxygen atoms in total. The second-order valence-electron chi connectivity index (χ2n) is 2.14. The number of nitrogen functional groups attached to an aromatic ring is 1. The number of alkyl halides is 1. The number of benzene rings is 1. The summed E-state index contributed by atoms with van der Waals surface area (Å²) in [6.45, 7) is 0. The lowest BCUT2D eigenvalue weighted by atomic mass is 10.2. The maximum absolute atomic E-state index is 12.6. The average molecular weight is 267 g/mol. The minimum absolute atomic E-state index is 0.342. The van der Waals surface area contributed by atoms with Gasteiger partial charge in [-0.15, -0.1) is 0 Å². The predicted octanol–water partition coefficient (Wildman–Crippen LogP) is 2.05. The largest absolute Gasteiger partial charge is 0.505 e. The van der Waals surface area contributed by atoms with Gasteiger partial charge in [0, 0.05) is 16.2 Å². The number of aromatic hydroxyl groups is 1. The van der Waals surface area contributed by atoms with Gasteiger partial charge in [-0.25, -0.2) is 4.39 Å². The molecule has 1 aromatic rings. The van der Waals surface area contributed by atoms with Gasteiger partial charge in [0.05, 0.1) is 0 Å². The van der Waals surface area contributed by atoms with E-state index in [1.54, 1.807) is 0 Å². The second kappa shape index (κ2) is 3.25.